The van der Waals surface area contributed by atoms with Gasteiger partial charge in [-0.05, 0) is 25.1 Å². The van der Waals surface area contributed by atoms with Gasteiger partial charge in [-0.15, -0.1) is 0 Å². The van der Waals surface area contributed by atoms with Crippen molar-refractivity contribution in [3.05, 3.63) is 34.9 Å². The van der Waals surface area contributed by atoms with Crippen LogP contribution in [0.3, 0.4) is 0 Å². The lowest BCUT2D eigenvalue weighted by molar-refractivity contribution is 0.132. The van der Waals surface area contributed by atoms with Crippen LogP contribution < -0.4 is 5.32 Å². The Kier molecular flexibility index (Phi) is 9.67. The molecule has 1 N–H and O–H groups in total. The molecule has 0 aromatic heterocycles. The van der Waals surface area contributed by atoms with E-state index in [2.05, 4.69) is 30.3 Å². The van der Waals surface area contributed by atoms with Gasteiger partial charge in [-0.1, -0.05) is 43.1 Å². The Bertz CT molecular complexity index is 360. The molecule has 1 aromatic rings. The van der Waals surface area contributed by atoms with Crippen LogP contribution in [0, 0.1) is 0 Å². The molecule has 0 radical (unpaired) electrons. The third-order valence-corrected chi connectivity index (χ3v) is 3.50. The minimum Gasteiger partial charge on any atom is -0.380 e. The van der Waals surface area contributed by atoms with Crippen LogP contribution in [0.4, 0.5) is 0 Å². The molecule has 0 aliphatic carbocycles. The van der Waals surface area contributed by atoms with Gasteiger partial charge in [0, 0.05) is 37.8 Å². The molecule has 0 saturated carbocycles. The minimum absolute atomic E-state index is 0.800. The van der Waals surface area contributed by atoms with Crippen LogP contribution in [-0.4, -0.2) is 44.8 Å². The van der Waals surface area contributed by atoms with Crippen molar-refractivity contribution in [1.82, 2.24) is 10.2 Å². The van der Waals surface area contributed by atoms with E-state index in [9.17, 15) is 0 Å². The second-order valence-corrected chi connectivity index (χ2v) is 5.45. The van der Waals surface area contributed by atoms with E-state index in [-0.39, 0.29) is 0 Å². The Labute approximate surface area is 128 Å². The first-order valence-electron chi connectivity index (χ1n) is 7.44. The number of hydrogen-bond donors (Lipinski definition) is 1. The summed E-state index contributed by atoms with van der Waals surface area (Å²) in [7, 11) is 2.11. The molecule has 0 aliphatic rings. The molecular weight excluding hydrogens is 272 g/mol. The first-order valence-corrected chi connectivity index (χ1v) is 7.82. The lowest BCUT2D eigenvalue weighted by Crippen LogP contribution is -2.30. The molecule has 1 rings (SSSR count). The first kappa shape index (κ1) is 17.4. The third-order valence-electron chi connectivity index (χ3n) is 3.13. The normalized spacial score (nSPS) is 11.2. The third kappa shape index (κ3) is 7.85. The fourth-order valence-electron chi connectivity index (χ4n) is 1.88. The zero-order valence-electron chi connectivity index (χ0n) is 12.7. The number of ether oxygens (including phenoxy) is 1. The molecule has 114 valence electrons. The van der Waals surface area contributed by atoms with Crippen LogP contribution in [0.5, 0.6) is 0 Å². The van der Waals surface area contributed by atoms with Crippen molar-refractivity contribution in [2.24, 2.45) is 0 Å². The fraction of sp³-hybridized carbons (Fsp3) is 0.625. The predicted molar refractivity (Wildman–Crippen MR) is 86.4 cm³/mol. The number of nitrogens with one attached hydrogen (secondary N) is 1. The molecule has 0 spiro atoms. The van der Waals surface area contributed by atoms with Gasteiger partial charge in [0.05, 0.1) is 6.61 Å². The van der Waals surface area contributed by atoms with E-state index in [4.69, 9.17) is 16.3 Å². The Hall–Kier alpha value is -0.610. The van der Waals surface area contributed by atoms with E-state index < -0.39 is 0 Å². The number of benzene rings is 1. The minimum atomic E-state index is 0.800. The summed E-state index contributed by atoms with van der Waals surface area (Å²) in [6.07, 6.45) is 2.35. The Morgan fingerprint density at radius 3 is 2.75 bits per heavy atom. The van der Waals surface area contributed by atoms with Gasteiger partial charge in [0.15, 0.2) is 0 Å². The van der Waals surface area contributed by atoms with Gasteiger partial charge in [-0.2, -0.15) is 0 Å². The van der Waals surface area contributed by atoms with Gasteiger partial charge in [0.25, 0.3) is 0 Å². The maximum atomic E-state index is 6.15. The molecule has 20 heavy (non-hydrogen) atoms. The molecule has 0 bridgehead atoms. The maximum absolute atomic E-state index is 6.15. The SMILES string of the molecule is CCCCOCCNCCN(C)Cc1ccccc1Cl. The summed E-state index contributed by atoms with van der Waals surface area (Å²) in [4.78, 5) is 2.27. The van der Waals surface area contributed by atoms with Crippen molar-refractivity contribution >= 4 is 11.6 Å². The molecule has 3 nitrogen and oxygen atoms in total. The quantitative estimate of drug-likeness (QED) is 0.635. The summed E-state index contributed by atoms with van der Waals surface area (Å²) in [5.74, 6) is 0. The van der Waals surface area contributed by atoms with Crippen molar-refractivity contribution in [3.63, 3.8) is 0 Å². The van der Waals surface area contributed by atoms with Crippen molar-refractivity contribution in [2.45, 2.75) is 26.3 Å². The highest BCUT2D eigenvalue weighted by molar-refractivity contribution is 6.31. The zero-order chi connectivity index (χ0) is 14.6. The summed E-state index contributed by atoms with van der Waals surface area (Å²) in [5, 5.41) is 4.24. The summed E-state index contributed by atoms with van der Waals surface area (Å²) < 4.78 is 5.50. The summed E-state index contributed by atoms with van der Waals surface area (Å²) in [6.45, 7) is 7.63. The Morgan fingerprint density at radius 1 is 1.20 bits per heavy atom. The number of rotatable bonds is 11. The van der Waals surface area contributed by atoms with Crippen LogP contribution in [0.1, 0.15) is 25.3 Å². The second kappa shape index (κ2) is 11.1. The lowest BCUT2D eigenvalue weighted by Gasteiger charge is -2.17. The molecule has 4 heteroatoms. The molecule has 0 amide bonds. The molecule has 0 atom stereocenters. The van der Waals surface area contributed by atoms with Gasteiger partial charge < -0.3 is 15.0 Å². The number of halogens is 1. The van der Waals surface area contributed by atoms with E-state index in [1.54, 1.807) is 0 Å². The van der Waals surface area contributed by atoms with E-state index in [1.807, 2.05) is 18.2 Å². The first-order chi connectivity index (χ1) is 9.74. The van der Waals surface area contributed by atoms with Gasteiger partial charge in [0.1, 0.15) is 0 Å². The van der Waals surface area contributed by atoms with Crippen LogP contribution in [0.25, 0.3) is 0 Å². The molecule has 1 aromatic carbocycles. The van der Waals surface area contributed by atoms with Crippen LogP contribution >= 0.6 is 11.6 Å². The molecule has 0 aliphatic heterocycles. The van der Waals surface area contributed by atoms with Crippen molar-refractivity contribution in [1.29, 1.82) is 0 Å². The van der Waals surface area contributed by atoms with Gasteiger partial charge >= 0.3 is 0 Å². The van der Waals surface area contributed by atoms with Crippen molar-refractivity contribution in [3.8, 4) is 0 Å². The molecule has 0 unspecified atom stereocenters. The lowest BCUT2D eigenvalue weighted by atomic mass is 10.2. The highest BCUT2D eigenvalue weighted by atomic mass is 35.5. The van der Waals surface area contributed by atoms with Crippen LogP contribution in [0.2, 0.25) is 5.02 Å². The Balaban J connectivity index is 2.03. The molecule has 0 saturated heterocycles. The zero-order valence-corrected chi connectivity index (χ0v) is 13.5. The standard InChI is InChI=1S/C16H27ClN2O/c1-3-4-12-20-13-10-18-9-11-19(2)14-15-7-5-6-8-16(15)17/h5-8,18H,3-4,9-14H2,1-2H3. The topological polar surface area (TPSA) is 24.5 Å². The van der Waals surface area contributed by atoms with Crippen LogP contribution in [0.15, 0.2) is 24.3 Å². The summed E-state index contributed by atoms with van der Waals surface area (Å²) >= 11 is 6.15. The smallest absolute Gasteiger partial charge is 0.0590 e. The average Bonchev–Trinajstić information content (AvgIpc) is 2.44. The fourth-order valence-corrected chi connectivity index (χ4v) is 2.08. The monoisotopic (exact) mass is 298 g/mol. The van der Waals surface area contributed by atoms with Crippen molar-refractivity contribution in [2.75, 3.05) is 39.9 Å². The number of unbranched alkanes of at least 4 members (excludes halogenated alkanes) is 1. The van der Waals surface area contributed by atoms with E-state index >= 15 is 0 Å². The maximum Gasteiger partial charge on any atom is 0.0590 e. The van der Waals surface area contributed by atoms with E-state index in [1.165, 1.54) is 12.0 Å². The molecular formula is C16H27ClN2O. The second-order valence-electron chi connectivity index (χ2n) is 5.05. The molecule has 0 heterocycles. The van der Waals surface area contributed by atoms with Gasteiger partial charge in [0.2, 0.25) is 0 Å². The number of nitrogens with zero attached hydrogens (tertiary/aromatic N) is 1. The molecule has 0 fully saturated rings. The predicted octanol–water partition coefficient (Wildman–Crippen LogP) is 3.18. The highest BCUT2D eigenvalue weighted by Crippen LogP contribution is 2.15. The van der Waals surface area contributed by atoms with Gasteiger partial charge in [-0.3, -0.25) is 0 Å². The van der Waals surface area contributed by atoms with Crippen molar-refractivity contribution < 1.29 is 4.74 Å². The largest absolute Gasteiger partial charge is 0.380 e. The Morgan fingerprint density at radius 2 is 2.00 bits per heavy atom. The summed E-state index contributed by atoms with van der Waals surface area (Å²) in [5.41, 5.74) is 1.18. The van der Waals surface area contributed by atoms with E-state index in [0.29, 0.717) is 0 Å². The van der Waals surface area contributed by atoms with Crippen LogP contribution in [-0.2, 0) is 11.3 Å². The highest BCUT2D eigenvalue weighted by Gasteiger charge is 2.03. The van der Waals surface area contributed by atoms with Gasteiger partial charge in [-0.25, -0.2) is 0 Å². The average molecular weight is 299 g/mol. The number of likely N-dealkylation sites (N-methyl/N-ethyl adjacent to an activating group) is 1. The number of hydrogen-bond acceptors (Lipinski definition) is 3. The van der Waals surface area contributed by atoms with E-state index in [0.717, 1.165) is 50.8 Å². The summed E-state index contributed by atoms with van der Waals surface area (Å²) in [6, 6.07) is 8.01.